The molecule has 110 valence electrons. The molecule has 0 saturated heterocycles. The van der Waals surface area contributed by atoms with Gasteiger partial charge in [0.25, 0.3) is 5.56 Å². The first-order chi connectivity index (χ1) is 9.88. The van der Waals surface area contributed by atoms with Crippen molar-refractivity contribution in [3.05, 3.63) is 63.8 Å². The third kappa shape index (κ3) is 3.37. The Morgan fingerprint density at radius 2 is 1.95 bits per heavy atom. The van der Waals surface area contributed by atoms with Gasteiger partial charge in [-0.15, -0.1) is 0 Å². The van der Waals surface area contributed by atoms with Crippen molar-refractivity contribution in [1.82, 2.24) is 4.57 Å². The average Bonchev–Trinajstić information content (AvgIpc) is 2.44. The molecular weight excluding hydrogens is 271 g/mol. The molecule has 1 atom stereocenters. The van der Waals surface area contributed by atoms with Crippen molar-refractivity contribution in [3.63, 3.8) is 0 Å². The number of carbonyl (C=O) groups is 1. The molecule has 1 N–H and O–H groups in total. The first-order valence-corrected chi connectivity index (χ1v) is 6.64. The van der Waals surface area contributed by atoms with Crippen molar-refractivity contribution < 1.29 is 9.18 Å². The molecule has 2 aromatic rings. The van der Waals surface area contributed by atoms with Gasteiger partial charge >= 0.3 is 0 Å². The molecule has 0 aliphatic carbocycles. The number of amides is 1. The number of rotatable bonds is 3. The summed E-state index contributed by atoms with van der Waals surface area (Å²) in [7, 11) is 0. The monoisotopic (exact) mass is 288 g/mol. The lowest BCUT2D eigenvalue weighted by molar-refractivity contribution is -0.118. The lowest BCUT2D eigenvalue weighted by atomic mass is 10.1. The van der Waals surface area contributed by atoms with Crippen LogP contribution >= 0.6 is 0 Å². The minimum absolute atomic E-state index is 0.364. The van der Waals surface area contributed by atoms with Crippen molar-refractivity contribution >= 4 is 11.6 Å². The molecule has 1 amide bonds. The summed E-state index contributed by atoms with van der Waals surface area (Å²) in [6.45, 7) is 5.37. The number of anilines is 1. The zero-order chi connectivity index (χ0) is 15.6. The molecule has 0 radical (unpaired) electrons. The van der Waals surface area contributed by atoms with E-state index in [0.29, 0.717) is 5.69 Å². The van der Waals surface area contributed by atoms with Gasteiger partial charge in [0, 0.05) is 18.0 Å². The van der Waals surface area contributed by atoms with E-state index >= 15 is 0 Å². The highest BCUT2D eigenvalue weighted by Gasteiger charge is 2.17. The van der Waals surface area contributed by atoms with Crippen LogP contribution in [0.3, 0.4) is 0 Å². The molecule has 0 aliphatic heterocycles. The molecule has 0 spiro atoms. The lowest BCUT2D eigenvalue weighted by Crippen LogP contribution is -2.31. The van der Waals surface area contributed by atoms with Crippen molar-refractivity contribution in [1.29, 1.82) is 0 Å². The Bertz CT molecular complexity index is 737. The van der Waals surface area contributed by atoms with Crippen LogP contribution in [0.5, 0.6) is 0 Å². The molecule has 4 nitrogen and oxygen atoms in total. The Balaban J connectivity index is 2.25. The fourth-order valence-electron chi connectivity index (χ4n) is 2.01. The van der Waals surface area contributed by atoms with Crippen LogP contribution in [0.25, 0.3) is 0 Å². The molecule has 1 aromatic heterocycles. The van der Waals surface area contributed by atoms with E-state index in [1.54, 1.807) is 6.92 Å². The highest BCUT2D eigenvalue weighted by atomic mass is 19.1. The van der Waals surface area contributed by atoms with E-state index in [1.165, 1.54) is 0 Å². The third-order valence-corrected chi connectivity index (χ3v) is 3.35. The van der Waals surface area contributed by atoms with E-state index in [4.69, 9.17) is 0 Å². The zero-order valence-corrected chi connectivity index (χ0v) is 12.2. The van der Waals surface area contributed by atoms with Crippen LogP contribution < -0.4 is 10.9 Å². The highest BCUT2D eigenvalue weighted by molar-refractivity contribution is 5.94. The maximum Gasteiger partial charge on any atom is 0.251 e. The van der Waals surface area contributed by atoms with Gasteiger partial charge in [-0.1, -0.05) is 12.1 Å². The van der Waals surface area contributed by atoms with Crippen LogP contribution in [0.2, 0.25) is 0 Å². The van der Waals surface area contributed by atoms with E-state index in [1.807, 2.05) is 32.0 Å². The van der Waals surface area contributed by atoms with Crippen LogP contribution in [0, 0.1) is 19.7 Å². The predicted octanol–water partition coefficient (Wildman–Crippen LogP) is 2.80. The number of halogens is 1. The number of nitrogens with zero attached hydrogens (tertiary/aromatic N) is 1. The Labute approximate surface area is 122 Å². The van der Waals surface area contributed by atoms with Crippen molar-refractivity contribution in [2.75, 3.05) is 5.32 Å². The summed E-state index contributed by atoms with van der Waals surface area (Å²) in [6.07, 6.45) is 1.04. The number of nitrogens with one attached hydrogen (secondary N) is 1. The minimum Gasteiger partial charge on any atom is -0.324 e. The maximum absolute atomic E-state index is 13.2. The molecular formula is C16H17FN2O2. The van der Waals surface area contributed by atoms with Gasteiger partial charge in [-0.05, 0) is 44.0 Å². The summed E-state index contributed by atoms with van der Waals surface area (Å²) in [4.78, 5) is 24.0. The second-order valence-corrected chi connectivity index (χ2v) is 5.08. The number of hydrogen-bond donors (Lipinski definition) is 1. The van der Waals surface area contributed by atoms with Crippen LogP contribution in [0.1, 0.15) is 24.1 Å². The number of benzene rings is 1. The summed E-state index contributed by atoms with van der Waals surface area (Å²) in [5.74, 6) is -0.919. The molecule has 5 heteroatoms. The van der Waals surface area contributed by atoms with Gasteiger partial charge in [-0.3, -0.25) is 9.59 Å². The summed E-state index contributed by atoms with van der Waals surface area (Å²) in [5, 5.41) is 2.77. The minimum atomic E-state index is -0.798. The second kappa shape index (κ2) is 5.91. The Kier molecular flexibility index (Phi) is 4.21. The fourth-order valence-corrected chi connectivity index (χ4v) is 2.01. The molecule has 1 unspecified atom stereocenters. The SMILES string of the molecule is Cc1ccc(C)c(NC(=O)C(C)n2cc(F)ccc2=O)c1. The van der Waals surface area contributed by atoms with Crippen molar-refractivity contribution in [2.24, 2.45) is 0 Å². The van der Waals surface area contributed by atoms with Gasteiger partial charge in [0.2, 0.25) is 5.91 Å². The molecule has 21 heavy (non-hydrogen) atoms. The van der Waals surface area contributed by atoms with Crippen molar-refractivity contribution in [3.8, 4) is 0 Å². The van der Waals surface area contributed by atoms with Gasteiger partial charge in [-0.2, -0.15) is 0 Å². The molecule has 1 heterocycles. The molecule has 1 aromatic carbocycles. The van der Waals surface area contributed by atoms with Gasteiger partial charge in [0.1, 0.15) is 11.9 Å². The van der Waals surface area contributed by atoms with Crippen LogP contribution in [-0.2, 0) is 4.79 Å². The van der Waals surface area contributed by atoms with Crippen LogP contribution in [0.4, 0.5) is 10.1 Å². The number of carbonyl (C=O) groups excluding carboxylic acids is 1. The Hall–Kier alpha value is -2.43. The lowest BCUT2D eigenvalue weighted by Gasteiger charge is -2.16. The molecule has 2 rings (SSSR count). The Morgan fingerprint density at radius 3 is 2.67 bits per heavy atom. The van der Waals surface area contributed by atoms with Gasteiger partial charge in [0.15, 0.2) is 0 Å². The van der Waals surface area contributed by atoms with Crippen molar-refractivity contribution in [2.45, 2.75) is 26.8 Å². The van der Waals surface area contributed by atoms with Crippen LogP contribution in [0.15, 0.2) is 41.3 Å². The van der Waals surface area contributed by atoms with E-state index < -0.39 is 17.4 Å². The van der Waals surface area contributed by atoms with Gasteiger partial charge in [-0.25, -0.2) is 4.39 Å². The molecule has 0 aliphatic rings. The summed E-state index contributed by atoms with van der Waals surface area (Å²) < 4.78 is 14.3. The standard InChI is InChI=1S/C16H17FN2O2/c1-10-4-5-11(2)14(8-10)18-16(21)12(3)19-9-13(17)6-7-15(19)20/h4-9,12H,1-3H3,(H,18,21). The first kappa shape index (κ1) is 15.0. The highest BCUT2D eigenvalue weighted by Crippen LogP contribution is 2.18. The smallest absolute Gasteiger partial charge is 0.251 e. The molecule has 0 fully saturated rings. The number of hydrogen-bond acceptors (Lipinski definition) is 2. The van der Waals surface area contributed by atoms with E-state index in [-0.39, 0.29) is 5.91 Å². The Morgan fingerprint density at radius 1 is 1.24 bits per heavy atom. The fraction of sp³-hybridized carbons (Fsp3) is 0.250. The normalized spacial score (nSPS) is 12.0. The van der Waals surface area contributed by atoms with Gasteiger partial charge in [0.05, 0.1) is 0 Å². The average molecular weight is 288 g/mol. The summed E-state index contributed by atoms with van der Waals surface area (Å²) >= 11 is 0. The molecule has 0 bridgehead atoms. The molecule has 0 saturated carbocycles. The summed E-state index contributed by atoms with van der Waals surface area (Å²) in [5.41, 5.74) is 2.22. The van der Waals surface area contributed by atoms with E-state index in [2.05, 4.69) is 5.32 Å². The summed E-state index contributed by atoms with van der Waals surface area (Å²) in [6, 6.07) is 7.10. The largest absolute Gasteiger partial charge is 0.324 e. The van der Waals surface area contributed by atoms with Gasteiger partial charge < -0.3 is 9.88 Å². The topological polar surface area (TPSA) is 51.1 Å². The zero-order valence-electron chi connectivity index (χ0n) is 12.2. The van der Waals surface area contributed by atoms with E-state index in [0.717, 1.165) is 34.0 Å². The number of aromatic nitrogens is 1. The third-order valence-electron chi connectivity index (χ3n) is 3.35. The predicted molar refractivity (Wildman–Crippen MR) is 79.9 cm³/mol. The quantitative estimate of drug-likeness (QED) is 0.944. The maximum atomic E-state index is 13.2. The van der Waals surface area contributed by atoms with E-state index in [9.17, 15) is 14.0 Å². The number of pyridine rings is 1. The second-order valence-electron chi connectivity index (χ2n) is 5.08. The number of aryl methyl sites for hydroxylation is 2. The first-order valence-electron chi connectivity index (χ1n) is 6.64. The van der Waals surface area contributed by atoms with Crippen LogP contribution in [-0.4, -0.2) is 10.5 Å².